The summed E-state index contributed by atoms with van der Waals surface area (Å²) < 4.78 is 11.0. The van der Waals surface area contributed by atoms with Gasteiger partial charge in [0.15, 0.2) is 20.0 Å². The van der Waals surface area contributed by atoms with E-state index in [1.807, 2.05) is 64.1 Å². The van der Waals surface area contributed by atoms with E-state index in [4.69, 9.17) is 0 Å². The minimum absolute atomic E-state index is 0.0483. The predicted octanol–water partition coefficient (Wildman–Crippen LogP) is 5.28. The molecule has 0 heterocycles. The second-order valence-electron chi connectivity index (χ2n) is 6.46. The number of carbonyl (C=O) groups is 2. The number of rotatable bonds is 7. The van der Waals surface area contributed by atoms with Crippen molar-refractivity contribution >= 4 is 20.0 Å². The molecule has 3 nitrogen and oxygen atoms in total. The highest BCUT2D eigenvalue weighted by Crippen LogP contribution is 2.26. The maximum Gasteiger partial charge on any atom is 0.174 e. The number of Topliss-reactive ketones (excluding diaryl/α,β-unsaturated/α-hetero) is 2. The number of hydrogen-bond donors (Lipinski definition) is 0. The highest BCUT2D eigenvalue weighted by molar-refractivity contribution is 7.23. The van der Waals surface area contributed by atoms with E-state index in [1.54, 1.807) is 0 Å². The third kappa shape index (κ3) is 4.11. The molecule has 0 unspecified atom stereocenters. The Morgan fingerprint density at radius 3 is 1.48 bits per heavy atom. The molecule has 0 saturated heterocycles. The van der Waals surface area contributed by atoms with Crippen LogP contribution in [0, 0.1) is 33.6 Å². The molecule has 0 aliphatic carbocycles. The Morgan fingerprint density at radius 2 is 1.16 bits per heavy atom. The lowest BCUT2D eigenvalue weighted by atomic mass is 9.83. The van der Waals surface area contributed by atoms with Gasteiger partial charge in [-0.1, -0.05) is 36.4 Å². The van der Waals surface area contributed by atoms with Gasteiger partial charge >= 0.3 is 0 Å². The minimum Gasteiger partial charge on any atom is -0.293 e. The molecule has 0 aliphatic rings. The van der Waals surface area contributed by atoms with Crippen LogP contribution >= 0.6 is 8.46 Å². The van der Waals surface area contributed by atoms with Crippen molar-refractivity contribution in [3.63, 3.8) is 0 Å². The van der Waals surface area contributed by atoms with Gasteiger partial charge in [0.25, 0.3) is 0 Å². The minimum atomic E-state index is -0.805. The molecule has 0 radical (unpaired) electrons. The summed E-state index contributed by atoms with van der Waals surface area (Å²) in [6, 6.07) is 11.3. The number of carbonyl (C=O) groups excluding carboxylic acids is 2. The zero-order valence-corrected chi connectivity index (χ0v) is 16.0. The van der Waals surface area contributed by atoms with Gasteiger partial charge in [-0.15, -0.1) is 0 Å². The molecule has 0 N–H and O–H groups in total. The van der Waals surface area contributed by atoms with Gasteiger partial charge in [-0.2, -0.15) is 0 Å². The first kappa shape index (κ1) is 19.2. The summed E-state index contributed by atoms with van der Waals surface area (Å²) in [6.07, 6.45) is 0.572. The van der Waals surface area contributed by atoms with Crippen molar-refractivity contribution in [3.05, 3.63) is 69.8 Å². The highest BCUT2D eigenvalue weighted by Gasteiger charge is 2.31. The SMILES string of the molecule is Cc1cccc(C)c1C(=O)C(CCP=O)C(=O)c1c(C)cccc1C. The van der Waals surface area contributed by atoms with Crippen LogP contribution in [0.4, 0.5) is 0 Å². The fourth-order valence-electron chi connectivity index (χ4n) is 3.32. The number of aryl methyl sites for hydroxylation is 4. The smallest absolute Gasteiger partial charge is 0.174 e. The number of hydrogen-bond acceptors (Lipinski definition) is 3. The van der Waals surface area contributed by atoms with Gasteiger partial charge in [-0.05, 0) is 56.4 Å². The van der Waals surface area contributed by atoms with Crippen molar-refractivity contribution in [1.82, 2.24) is 0 Å². The number of ketones is 2. The molecule has 0 atom stereocenters. The largest absolute Gasteiger partial charge is 0.293 e. The zero-order valence-electron chi connectivity index (χ0n) is 15.1. The van der Waals surface area contributed by atoms with Gasteiger partial charge in [0.05, 0.1) is 5.92 Å². The topological polar surface area (TPSA) is 51.2 Å². The maximum absolute atomic E-state index is 13.2. The van der Waals surface area contributed by atoms with Crippen LogP contribution in [0.1, 0.15) is 49.4 Å². The Labute approximate surface area is 150 Å². The molecule has 130 valence electrons. The summed E-state index contributed by atoms with van der Waals surface area (Å²) in [4.78, 5) is 26.4. The molecule has 0 bridgehead atoms. The average Bonchev–Trinajstić information content (AvgIpc) is 2.55. The predicted molar refractivity (Wildman–Crippen MR) is 101 cm³/mol. The summed E-state index contributed by atoms with van der Waals surface area (Å²) in [7, 11) is -0.0483. The Bertz CT molecular complexity index is 720. The van der Waals surface area contributed by atoms with E-state index in [9.17, 15) is 14.2 Å². The van der Waals surface area contributed by atoms with Crippen molar-refractivity contribution in [3.8, 4) is 0 Å². The van der Waals surface area contributed by atoms with E-state index in [1.165, 1.54) is 0 Å². The molecule has 0 fully saturated rings. The zero-order chi connectivity index (χ0) is 18.6. The molecule has 0 spiro atoms. The Balaban J connectivity index is 2.51. The Morgan fingerprint density at radius 1 is 0.800 bits per heavy atom. The summed E-state index contributed by atoms with van der Waals surface area (Å²) in [5.41, 5.74) is 4.67. The lowest BCUT2D eigenvalue weighted by Crippen LogP contribution is -2.27. The van der Waals surface area contributed by atoms with Gasteiger partial charge in [-0.3, -0.25) is 14.2 Å². The van der Waals surface area contributed by atoms with Gasteiger partial charge < -0.3 is 0 Å². The average molecular weight is 354 g/mol. The van der Waals surface area contributed by atoms with Gasteiger partial charge in [-0.25, -0.2) is 0 Å². The molecule has 0 amide bonds. The third-order valence-corrected chi connectivity index (χ3v) is 5.04. The number of benzene rings is 2. The van der Waals surface area contributed by atoms with Crippen LogP contribution in [0.2, 0.25) is 0 Å². The fourth-order valence-corrected chi connectivity index (χ4v) is 3.68. The molecule has 2 aromatic rings. The Kier molecular flexibility index (Phi) is 6.39. The van der Waals surface area contributed by atoms with Crippen molar-refractivity contribution in [1.29, 1.82) is 0 Å². The second kappa shape index (κ2) is 8.31. The third-order valence-electron chi connectivity index (χ3n) is 4.60. The molecular weight excluding hydrogens is 331 g/mol. The van der Waals surface area contributed by atoms with E-state index < -0.39 is 5.92 Å². The molecule has 0 saturated carbocycles. The molecule has 2 aromatic carbocycles. The van der Waals surface area contributed by atoms with E-state index in [0.717, 1.165) is 22.3 Å². The van der Waals surface area contributed by atoms with Crippen molar-refractivity contribution in [2.24, 2.45) is 5.92 Å². The van der Waals surface area contributed by atoms with Crippen molar-refractivity contribution < 1.29 is 14.2 Å². The molecule has 0 aromatic heterocycles. The molecule has 2 rings (SSSR count). The summed E-state index contributed by atoms with van der Waals surface area (Å²) in [6.45, 7) is 7.53. The molecule has 4 heteroatoms. The van der Waals surface area contributed by atoms with Crippen LogP contribution in [0.5, 0.6) is 0 Å². The first-order valence-electron chi connectivity index (χ1n) is 8.38. The Hall–Kier alpha value is -2.12. The van der Waals surface area contributed by atoms with Crippen LogP contribution < -0.4 is 0 Å². The van der Waals surface area contributed by atoms with Gasteiger partial charge in [0, 0.05) is 17.3 Å². The van der Waals surface area contributed by atoms with Crippen LogP contribution in [-0.4, -0.2) is 17.7 Å². The molecule has 0 aliphatic heterocycles. The first-order chi connectivity index (χ1) is 11.9. The molecule has 25 heavy (non-hydrogen) atoms. The van der Waals surface area contributed by atoms with Crippen LogP contribution in [0.15, 0.2) is 36.4 Å². The maximum atomic E-state index is 13.2. The summed E-state index contributed by atoms with van der Waals surface area (Å²) >= 11 is 0. The van der Waals surface area contributed by atoms with Crippen LogP contribution in [0.3, 0.4) is 0 Å². The second-order valence-corrected chi connectivity index (χ2v) is 7.16. The standard InChI is InChI=1S/C21H23O3P/c1-13-7-5-8-14(2)18(13)20(22)17(11-12-25-24)21(23)19-15(3)9-6-10-16(19)4/h5-10,17H,11-12H2,1-4H3. The van der Waals surface area contributed by atoms with Crippen molar-refractivity contribution in [2.45, 2.75) is 34.1 Å². The first-order valence-corrected chi connectivity index (χ1v) is 9.38. The quantitative estimate of drug-likeness (QED) is 0.386. The van der Waals surface area contributed by atoms with Gasteiger partial charge in [0.1, 0.15) is 0 Å². The van der Waals surface area contributed by atoms with Crippen molar-refractivity contribution in [2.75, 3.05) is 6.16 Å². The van der Waals surface area contributed by atoms with E-state index in [2.05, 4.69) is 0 Å². The monoisotopic (exact) mass is 354 g/mol. The molecular formula is C21H23O3P. The lowest BCUT2D eigenvalue weighted by Gasteiger charge is -2.19. The van der Waals surface area contributed by atoms with E-state index in [0.29, 0.717) is 11.1 Å². The van der Waals surface area contributed by atoms with E-state index in [-0.39, 0.29) is 32.6 Å². The highest BCUT2D eigenvalue weighted by atomic mass is 31.1. The van der Waals surface area contributed by atoms with Crippen LogP contribution in [0.25, 0.3) is 0 Å². The lowest BCUT2D eigenvalue weighted by molar-refractivity contribution is 0.0803. The normalized spacial score (nSPS) is 11.1. The van der Waals surface area contributed by atoms with Gasteiger partial charge in [0.2, 0.25) is 0 Å². The van der Waals surface area contributed by atoms with E-state index >= 15 is 0 Å². The summed E-state index contributed by atoms with van der Waals surface area (Å²) in [5.74, 6) is -1.15. The van der Waals surface area contributed by atoms with Crippen LogP contribution in [-0.2, 0) is 4.57 Å². The summed E-state index contributed by atoms with van der Waals surface area (Å²) in [5, 5.41) is 0. The fraction of sp³-hybridized carbons (Fsp3) is 0.333.